The minimum absolute atomic E-state index is 0.412. The molecule has 0 saturated heterocycles. The number of fused-ring (bicyclic) bond motifs is 1. The average molecular weight is 485 g/mol. The van der Waals surface area contributed by atoms with Crippen molar-refractivity contribution in [3.8, 4) is 22.6 Å². The number of hydrogen-bond acceptors (Lipinski definition) is 6. The third kappa shape index (κ3) is 5.22. The molecule has 0 radical (unpaired) electrons. The van der Waals surface area contributed by atoms with Gasteiger partial charge in [0.1, 0.15) is 29.3 Å². The second-order valence-electron chi connectivity index (χ2n) is 10.1. The fourth-order valence-electron chi connectivity index (χ4n) is 5.25. The molecule has 2 aromatic carbocycles. The zero-order valence-electron chi connectivity index (χ0n) is 21.5. The van der Waals surface area contributed by atoms with Crippen molar-refractivity contribution in [3.63, 3.8) is 0 Å². The summed E-state index contributed by atoms with van der Waals surface area (Å²) in [6, 6.07) is 19.0. The lowest BCUT2D eigenvalue weighted by Gasteiger charge is -2.35. The van der Waals surface area contributed by atoms with E-state index in [2.05, 4.69) is 63.8 Å². The van der Waals surface area contributed by atoms with Gasteiger partial charge in [0, 0.05) is 36.9 Å². The number of nitrogen functional groups attached to an aromatic ring is 1. The SMILES string of the molecule is CN(C)CCN(C)C1CCC(n2cc(-c3ccc(Oc4ccccc4)cc3)c3c(N)ncnc32)CC1. The predicted molar refractivity (Wildman–Crippen MR) is 146 cm³/mol. The second kappa shape index (κ2) is 10.7. The predicted octanol–water partition coefficient (Wildman–Crippen LogP) is 5.45. The van der Waals surface area contributed by atoms with Gasteiger partial charge in [0.2, 0.25) is 0 Å². The maximum absolute atomic E-state index is 6.39. The highest BCUT2D eigenvalue weighted by molar-refractivity contribution is 6.00. The molecule has 1 fully saturated rings. The van der Waals surface area contributed by atoms with Crippen molar-refractivity contribution >= 4 is 16.9 Å². The molecule has 0 atom stereocenters. The van der Waals surface area contributed by atoms with Gasteiger partial charge < -0.3 is 24.8 Å². The number of nitrogens with zero attached hydrogens (tertiary/aromatic N) is 5. The van der Waals surface area contributed by atoms with Crippen molar-refractivity contribution in [1.29, 1.82) is 0 Å². The van der Waals surface area contributed by atoms with Crippen LogP contribution < -0.4 is 10.5 Å². The molecule has 0 amide bonds. The van der Waals surface area contributed by atoms with Gasteiger partial charge in [-0.15, -0.1) is 0 Å². The van der Waals surface area contributed by atoms with Crippen LogP contribution in [-0.4, -0.2) is 64.6 Å². The molecule has 2 heterocycles. The molecule has 0 aliphatic heterocycles. The fourth-order valence-corrected chi connectivity index (χ4v) is 5.25. The van der Waals surface area contributed by atoms with Gasteiger partial charge in [-0.2, -0.15) is 0 Å². The number of rotatable bonds is 8. The topological polar surface area (TPSA) is 72.4 Å². The van der Waals surface area contributed by atoms with Crippen LogP contribution in [0, 0.1) is 0 Å². The number of ether oxygens (including phenoxy) is 1. The van der Waals surface area contributed by atoms with Crippen molar-refractivity contribution in [1.82, 2.24) is 24.3 Å². The molecule has 1 aliphatic carbocycles. The first-order valence-electron chi connectivity index (χ1n) is 12.8. The first kappa shape index (κ1) is 24.3. The molecule has 1 aliphatic rings. The molecule has 188 valence electrons. The monoisotopic (exact) mass is 484 g/mol. The van der Waals surface area contributed by atoms with Gasteiger partial charge in [0.25, 0.3) is 0 Å². The number of anilines is 1. The molecule has 0 unspecified atom stereocenters. The van der Waals surface area contributed by atoms with E-state index in [1.807, 2.05) is 42.5 Å². The average Bonchev–Trinajstić information content (AvgIpc) is 3.29. The molecule has 36 heavy (non-hydrogen) atoms. The van der Waals surface area contributed by atoms with Crippen molar-refractivity contribution in [2.24, 2.45) is 0 Å². The number of likely N-dealkylation sites (N-methyl/N-ethyl adjacent to an activating group) is 2. The van der Waals surface area contributed by atoms with Crippen LogP contribution in [-0.2, 0) is 0 Å². The van der Waals surface area contributed by atoms with Crippen molar-refractivity contribution in [2.45, 2.75) is 37.8 Å². The summed E-state index contributed by atoms with van der Waals surface area (Å²) in [5.74, 6) is 2.15. The van der Waals surface area contributed by atoms with E-state index in [1.165, 1.54) is 12.8 Å². The fraction of sp³-hybridized carbons (Fsp3) is 0.379. The van der Waals surface area contributed by atoms with Gasteiger partial charge in [0.05, 0.1) is 5.39 Å². The Balaban J connectivity index is 1.37. The van der Waals surface area contributed by atoms with Crippen LogP contribution in [0.5, 0.6) is 11.5 Å². The third-order valence-electron chi connectivity index (χ3n) is 7.37. The Bertz CT molecular complexity index is 1280. The molecule has 0 spiro atoms. The van der Waals surface area contributed by atoms with Crippen molar-refractivity contribution in [3.05, 3.63) is 67.1 Å². The van der Waals surface area contributed by atoms with E-state index in [4.69, 9.17) is 10.5 Å². The van der Waals surface area contributed by atoms with E-state index in [0.29, 0.717) is 17.9 Å². The van der Waals surface area contributed by atoms with E-state index < -0.39 is 0 Å². The lowest BCUT2D eigenvalue weighted by atomic mass is 9.90. The smallest absolute Gasteiger partial charge is 0.146 e. The molecular formula is C29H36N6O. The van der Waals surface area contributed by atoms with Crippen LogP contribution >= 0.6 is 0 Å². The number of hydrogen-bond donors (Lipinski definition) is 1. The lowest BCUT2D eigenvalue weighted by molar-refractivity contribution is 0.157. The summed E-state index contributed by atoms with van der Waals surface area (Å²) in [5, 5.41) is 0.930. The second-order valence-corrected chi connectivity index (χ2v) is 10.1. The van der Waals surface area contributed by atoms with Crippen LogP contribution in [0.4, 0.5) is 5.82 Å². The van der Waals surface area contributed by atoms with Crippen LogP contribution in [0.3, 0.4) is 0 Å². The summed E-state index contributed by atoms with van der Waals surface area (Å²) in [6.45, 7) is 2.19. The van der Waals surface area contributed by atoms with Gasteiger partial charge in [0.15, 0.2) is 0 Å². The first-order valence-corrected chi connectivity index (χ1v) is 12.8. The summed E-state index contributed by atoms with van der Waals surface area (Å²) < 4.78 is 8.32. The molecule has 2 N–H and O–H groups in total. The minimum Gasteiger partial charge on any atom is -0.457 e. The Hall–Kier alpha value is -3.42. The summed E-state index contributed by atoms with van der Waals surface area (Å²) >= 11 is 0. The summed E-state index contributed by atoms with van der Waals surface area (Å²) in [6.07, 6.45) is 8.45. The number of benzene rings is 2. The first-order chi connectivity index (χ1) is 17.5. The standard InChI is InChI=1S/C29H36N6O/c1-33(2)17-18-34(3)22-11-13-23(14-12-22)35-19-26(27-28(30)31-20-32-29(27)35)21-9-15-25(16-10-21)36-24-7-5-4-6-8-24/h4-10,15-16,19-20,22-23H,11-14,17-18H2,1-3H3,(H2,30,31,32). The molecule has 2 aromatic heterocycles. The van der Waals surface area contributed by atoms with E-state index in [-0.39, 0.29) is 0 Å². The summed E-state index contributed by atoms with van der Waals surface area (Å²) in [7, 11) is 6.53. The highest BCUT2D eigenvalue weighted by atomic mass is 16.5. The van der Waals surface area contributed by atoms with Crippen LogP contribution in [0.1, 0.15) is 31.7 Å². The van der Waals surface area contributed by atoms with Gasteiger partial charge in [-0.05, 0) is 76.7 Å². The molecule has 7 nitrogen and oxygen atoms in total. The highest BCUT2D eigenvalue weighted by Crippen LogP contribution is 2.39. The van der Waals surface area contributed by atoms with Crippen LogP contribution in [0.2, 0.25) is 0 Å². The van der Waals surface area contributed by atoms with E-state index in [9.17, 15) is 0 Å². The lowest BCUT2D eigenvalue weighted by Crippen LogP contribution is -2.39. The molecule has 7 heteroatoms. The van der Waals surface area contributed by atoms with Gasteiger partial charge in [-0.1, -0.05) is 30.3 Å². The quantitative estimate of drug-likeness (QED) is 0.359. The van der Waals surface area contributed by atoms with Crippen molar-refractivity contribution in [2.75, 3.05) is 40.0 Å². The summed E-state index contributed by atoms with van der Waals surface area (Å²) in [4.78, 5) is 13.8. The molecular weight excluding hydrogens is 448 g/mol. The zero-order chi connectivity index (χ0) is 25.1. The Morgan fingerprint density at radius 1 is 0.889 bits per heavy atom. The van der Waals surface area contributed by atoms with E-state index >= 15 is 0 Å². The Kier molecular flexibility index (Phi) is 7.20. The normalized spacial score (nSPS) is 18.2. The van der Waals surface area contributed by atoms with Crippen LogP contribution in [0.25, 0.3) is 22.2 Å². The van der Waals surface area contributed by atoms with Gasteiger partial charge in [-0.25, -0.2) is 9.97 Å². The Morgan fingerprint density at radius 3 is 2.28 bits per heavy atom. The molecule has 4 aromatic rings. The van der Waals surface area contributed by atoms with Gasteiger partial charge in [-0.3, -0.25) is 0 Å². The van der Waals surface area contributed by atoms with Crippen molar-refractivity contribution < 1.29 is 4.74 Å². The maximum Gasteiger partial charge on any atom is 0.146 e. The zero-order valence-corrected chi connectivity index (χ0v) is 21.5. The number of para-hydroxylation sites is 1. The maximum atomic E-state index is 6.39. The van der Waals surface area contributed by atoms with Crippen LogP contribution in [0.15, 0.2) is 67.1 Å². The summed E-state index contributed by atoms with van der Waals surface area (Å²) in [5.41, 5.74) is 9.46. The van der Waals surface area contributed by atoms with E-state index in [0.717, 1.165) is 59.6 Å². The minimum atomic E-state index is 0.412. The molecule has 1 saturated carbocycles. The Morgan fingerprint density at radius 2 is 1.58 bits per heavy atom. The van der Waals surface area contributed by atoms with Gasteiger partial charge >= 0.3 is 0 Å². The molecule has 0 bridgehead atoms. The molecule has 5 rings (SSSR count). The Labute approximate surface area is 213 Å². The number of aromatic nitrogens is 3. The number of nitrogens with two attached hydrogens (primary N) is 1. The highest BCUT2D eigenvalue weighted by Gasteiger charge is 2.27. The van der Waals surface area contributed by atoms with E-state index in [1.54, 1.807) is 6.33 Å². The largest absolute Gasteiger partial charge is 0.457 e. The third-order valence-corrected chi connectivity index (χ3v) is 7.37.